The third-order valence-corrected chi connectivity index (χ3v) is 4.38. The highest BCUT2D eigenvalue weighted by Crippen LogP contribution is 2.42. The second-order valence-electron chi connectivity index (χ2n) is 5.82. The van der Waals surface area contributed by atoms with Crippen LogP contribution >= 0.6 is 0 Å². The van der Waals surface area contributed by atoms with Crippen molar-refractivity contribution in [3.63, 3.8) is 0 Å². The van der Waals surface area contributed by atoms with E-state index in [1.54, 1.807) is 12.1 Å². The molecule has 1 heterocycles. The molecule has 1 aliphatic carbocycles. The molecule has 3 heteroatoms. The number of carbonyl (C=O) groups is 1. The number of likely N-dealkylation sites (N-methyl/N-ethyl adjacent to an activating group) is 1. The fourth-order valence-corrected chi connectivity index (χ4v) is 3.24. The van der Waals surface area contributed by atoms with Gasteiger partial charge >= 0.3 is 5.97 Å². The van der Waals surface area contributed by atoms with Gasteiger partial charge in [-0.15, -0.1) is 0 Å². The van der Waals surface area contributed by atoms with E-state index in [1.165, 1.54) is 0 Å². The van der Waals surface area contributed by atoms with Crippen molar-refractivity contribution in [1.82, 2.24) is 0 Å². The van der Waals surface area contributed by atoms with E-state index >= 15 is 0 Å². The molecule has 2 aliphatic rings. The van der Waals surface area contributed by atoms with E-state index in [9.17, 15) is 4.79 Å². The molecule has 0 N–H and O–H groups in total. The number of hydrogen-bond donors (Lipinski definition) is 0. The predicted molar refractivity (Wildman–Crippen MR) is 95.7 cm³/mol. The fraction of sp³-hybridized carbons (Fsp3) is 0.0952. The van der Waals surface area contributed by atoms with Gasteiger partial charge in [0.25, 0.3) is 0 Å². The molecule has 0 unspecified atom stereocenters. The number of ether oxygens (including phenoxy) is 1. The Morgan fingerprint density at radius 3 is 2.62 bits per heavy atom. The van der Waals surface area contributed by atoms with Crippen LogP contribution in [0.15, 0.2) is 84.1 Å². The topological polar surface area (TPSA) is 29.5 Å². The number of nitrogens with zero attached hydrogens (tertiary/aromatic N) is 1. The number of carbonyl (C=O) groups excluding carboxylic acids is 1. The number of esters is 1. The fourth-order valence-electron chi connectivity index (χ4n) is 3.24. The molecule has 0 bridgehead atoms. The average molecular weight is 315 g/mol. The highest BCUT2D eigenvalue weighted by molar-refractivity contribution is 6.22. The smallest absolute Gasteiger partial charge is 0.344 e. The molecule has 0 spiro atoms. The lowest BCUT2D eigenvalue weighted by Crippen LogP contribution is -2.27. The summed E-state index contributed by atoms with van der Waals surface area (Å²) in [6.45, 7) is 0. The first-order valence-electron chi connectivity index (χ1n) is 7.96. The van der Waals surface area contributed by atoms with Gasteiger partial charge in [0.05, 0.1) is 5.57 Å². The quantitative estimate of drug-likeness (QED) is 0.610. The maximum Gasteiger partial charge on any atom is 0.344 e. The molecule has 1 aliphatic heterocycles. The van der Waals surface area contributed by atoms with Gasteiger partial charge in [-0.2, -0.15) is 0 Å². The van der Waals surface area contributed by atoms with E-state index < -0.39 is 0 Å². The van der Waals surface area contributed by atoms with E-state index in [2.05, 4.69) is 11.0 Å². The van der Waals surface area contributed by atoms with Crippen LogP contribution in [0.3, 0.4) is 0 Å². The van der Waals surface area contributed by atoms with Crippen molar-refractivity contribution in [2.45, 2.75) is 6.42 Å². The molecule has 0 saturated heterocycles. The van der Waals surface area contributed by atoms with Gasteiger partial charge in [-0.05, 0) is 36.3 Å². The molecule has 0 atom stereocenters. The molecule has 0 fully saturated rings. The first-order chi connectivity index (χ1) is 11.8. The maximum absolute atomic E-state index is 12.9. The second-order valence-corrected chi connectivity index (χ2v) is 5.82. The van der Waals surface area contributed by atoms with Crippen molar-refractivity contribution in [2.75, 3.05) is 11.9 Å². The van der Waals surface area contributed by atoms with Gasteiger partial charge in [0.15, 0.2) is 0 Å². The van der Waals surface area contributed by atoms with E-state index in [0.29, 0.717) is 11.3 Å². The minimum Gasteiger partial charge on any atom is -0.423 e. The Hall–Kier alpha value is -3.07. The van der Waals surface area contributed by atoms with Gasteiger partial charge in [0.2, 0.25) is 0 Å². The monoisotopic (exact) mass is 315 g/mol. The van der Waals surface area contributed by atoms with Gasteiger partial charge in [0.1, 0.15) is 5.75 Å². The Kier molecular flexibility index (Phi) is 3.54. The lowest BCUT2D eigenvalue weighted by atomic mass is 9.87. The zero-order chi connectivity index (χ0) is 16.5. The highest BCUT2D eigenvalue weighted by atomic mass is 16.5. The molecular formula is C21H17NO2. The van der Waals surface area contributed by atoms with Crippen molar-refractivity contribution in [3.8, 4) is 5.75 Å². The summed E-state index contributed by atoms with van der Waals surface area (Å²) in [7, 11) is 2.03. The number of fused-ring (bicyclic) bond motifs is 2. The summed E-state index contributed by atoms with van der Waals surface area (Å²) in [4.78, 5) is 15.1. The molecule has 0 saturated carbocycles. The minimum atomic E-state index is -0.307. The summed E-state index contributed by atoms with van der Waals surface area (Å²) in [5, 5.41) is 0. The Balaban J connectivity index is 1.83. The van der Waals surface area contributed by atoms with Crippen LogP contribution in [0, 0.1) is 0 Å². The highest BCUT2D eigenvalue weighted by Gasteiger charge is 2.31. The molecule has 2 aromatic carbocycles. The summed E-state index contributed by atoms with van der Waals surface area (Å²) >= 11 is 0. The molecule has 118 valence electrons. The maximum atomic E-state index is 12.9. The Morgan fingerprint density at radius 2 is 1.79 bits per heavy atom. The second kappa shape index (κ2) is 5.85. The van der Waals surface area contributed by atoms with Gasteiger partial charge in [0, 0.05) is 24.0 Å². The number of allylic oxidation sites excluding steroid dienone is 4. The molecule has 0 amide bonds. The van der Waals surface area contributed by atoms with E-state index in [-0.39, 0.29) is 5.97 Å². The lowest BCUT2D eigenvalue weighted by molar-refractivity contribution is -0.128. The Bertz CT molecular complexity index is 891. The standard InChI is InChI=1S/C21H17NO2/c1-22-18-13-7-5-11-16(18)20(17-12-6-8-14-19(17)22)21(23)24-15-9-3-2-4-10-15/h2-11,13-14H,12H2,1H3. The summed E-state index contributed by atoms with van der Waals surface area (Å²) in [6, 6.07) is 17.2. The minimum absolute atomic E-state index is 0.307. The van der Waals surface area contributed by atoms with E-state index in [0.717, 1.165) is 28.9 Å². The van der Waals surface area contributed by atoms with Gasteiger partial charge < -0.3 is 9.64 Å². The van der Waals surface area contributed by atoms with Crippen molar-refractivity contribution in [1.29, 1.82) is 0 Å². The number of hydrogen-bond acceptors (Lipinski definition) is 3. The summed E-state index contributed by atoms with van der Waals surface area (Å²) in [5.41, 5.74) is 4.66. The number of rotatable bonds is 2. The van der Waals surface area contributed by atoms with Crippen molar-refractivity contribution < 1.29 is 9.53 Å². The molecular weight excluding hydrogens is 298 g/mol. The SMILES string of the molecule is CN1C2=CC=CCC2=C(C(=O)Oc2ccccc2)c2ccccc21. The van der Waals surface area contributed by atoms with Crippen LogP contribution in [0.2, 0.25) is 0 Å². The summed E-state index contributed by atoms with van der Waals surface area (Å²) < 4.78 is 5.63. The summed E-state index contributed by atoms with van der Waals surface area (Å²) in [6.07, 6.45) is 6.87. The van der Waals surface area contributed by atoms with Crippen molar-refractivity contribution in [2.24, 2.45) is 0 Å². The van der Waals surface area contributed by atoms with Crippen LogP contribution in [0.25, 0.3) is 5.57 Å². The van der Waals surface area contributed by atoms with Crippen LogP contribution < -0.4 is 9.64 Å². The van der Waals surface area contributed by atoms with Crippen LogP contribution in [0.4, 0.5) is 5.69 Å². The first-order valence-corrected chi connectivity index (χ1v) is 7.96. The molecule has 3 nitrogen and oxygen atoms in total. The lowest BCUT2D eigenvalue weighted by Gasteiger charge is -2.34. The van der Waals surface area contributed by atoms with Gasteiger partial charge in [-0.3, -0.25) is 0 Å². The Morgan fingerprint density at radius 1 is 1.04 bits per heavy atom. The number of benzene rings is 2. The number of anilines is 1. The molecule has 24 heavy (non-hydrogen) atoms. The zero-order valence-electron chi connectivity index (χ0n) is 13.4. The van der Waals surface area contributed by atoms with Crippen LogP contribution in [-0.2, 0) is 4.79 Å². The van der Waals surface area contributed by atoms with Gasteiger partial charge in [-0.1, -0.05) is 48.6 Å². The van der Waals surface area contributed by atoms with Crippen LogP contribution in [-0.4, -0.2) is 13.0 Å². The Labute approximate surface area is 141 Å². The largest absolute Gasteiger partial charge is 0.423 e. The molecule has 0 radical (unpaired) electrons. The van der Waals surface area contributed by atoms with Crippen molar-refractivity contribution >= 4 is 17.2 Å². The van der Waals surface area contributed by atoms with Crippen molar-refractivity contribution in [3.05, 3.63) is 89.7 Å². The predicted octanol–water partition coefficient (Wildman–Crippen LogP) is 4.34. The van der Waals surface area contributed by atoms with Gasteiger partial charge in [-0.25, -0.2) is 4.79 Å². The van der Waals surface area contributed by atoms with E-state index in [1.807, 2.05) is 61.7 Å². The van der Waals surface area contributed by atoms with Crippen LogP contribution in [0.5, 0.6) is 5.75 Å². The molecule has 2 aromatic rings. The third-order valence-electron chi connectivity index (χ3n) is 4.38. The van der Waals surface area contributed by atoms with Crippen LogP contribution in [0.1, 0.15) is 12.0 Å². The zero-order valence-corrected chi connectivity index (χ0v) is 13.4. The number of para-hydroxylation sites is 2. The molecule has 0 aromatic heterocycles. The molecule has 4 rings (SSSR count). The summed E-state index contributed by atoms with van der Waals surface area (Å²) in [5.74, 6) is 0.252. The third kappa shape index (κ3) is 2.35. The van der Waals surface area contributed by atoms with E-state index in [4.69, 9.17) is 4.74 Å². The average Bonchev–Trinajstić information content (AvgIpc) is 2.63. The first kappa shape index (κ1) is 14.5. The normalized spacial score (nSPS) is 15.5.